The van der Waals surface area contributed by atoms with Crippen molar-refractivity contribution in [3.63, 3.8) is 0 Å². The maximum atomic E-state index is 12.9. The molecule has 0 N–H and O–H groups in total. The molecule has 23 heavy (non-hydrogen) atoms. The van der Waals surface area contributed by atoms with Crippen LogP contribution in [0.15, 0.2) is 35.5 Å². The van der Waals surface area contributed by atoms with Crippen LogP contribution in [-0.2, 0) is 10.0 Å². The predicted molar refractivity (Wildman–Crippen MR) is 83.4 cm³/mol. The highest BCUT2D eigenvalue weighted by molar-refractivity contribution is 7.89. The summed E-state index contributed by atoms with van der Waals surface area (Å²) in [5, 5.41) is 11.0. The number of aromatic nitrogens is 4. The Kier molecular flexibility index (Phi) is 3.65. The Bertz CT molecular complexity index is 759. The van der Waals surface area contributed by atoms with Gasteiger partial charge in [-0.05, 0) is 59.4 Å². The summed E-state index contributed by atoms with van der Waals surface area (Å²) in [7, 11) is -3.41. The Balaban J connectivity index is 1.57. The minimum absolute atomic E-state index is 0.341. The topological polar surface area (TPSA) is 81.0 Å². The second-order valence-electron chi connectivity index (χ2n) is 6.37. The first kappa shape index (κ1) is 14.8. The second kappa shape index (κ2) is 5.68. The molecule has 2 heterocycles. The zero-order chi connectivity index (χ0) is 15.9. The van der Waals surface area contributed by atoms with Gasteiger partial charge in [-0.2, -0.15) is 4.31 Å². The molecule has 8 heteroatoms. The molecular formula is C15H19N5O2S. The van der Waals surface area contributed by atoms with Crippen molar-refractivity contribution in [1.29, 1.82) is 0 Å². The summed E-state index contributed by atoms with van der Waals surface area (Å²) in [6, 6.07) is 6.72. The molecule has 122 valence electrons. The summed E-state index contributed by atoms with van der Waals surface area (Å²) in [4.78, 5) is 0.341. The molecule has 0 bridgehead atoms. The van der Waals surface area contributed by atoms with Crippen molar-refractivity contribution in [3.8, 4) is 5.69 Å². The molecule has 1 aromatic carbocycles. The van der Waals surface area contributed by atoms with Gasteiger partial charge in [0.1, 0.15) is 6.33 Å². The van der Waals surface area contributed by atoms with Crippen molar-refractivity contribution in [2.45, 2.75) is 30.6 Å². The number of rotatable bonds is 3. The predicted octanol–water partition coefficient (Wildman–Crippen LogP) is 1.47. The van der Waals surface area contributed by atoms with Crippen molar-refractivity contribution in [1.82, 2.24) is 24.5 Å². The van der Waals surface area contributed by atoms with Crippen LogP contribution in [0.2, 0.25) is 0 Å². The fourth-order valence-electron chi connectivity index (χ4n) is 3.76. The van der Waals surface area contributed by atoms with E-state index >= 15 is 0 Å². The largest absolute Gasteiger partial charge is 0.243 e. The molecule has 0 radical (unpaired) electrons. The Labute approximate surface area is 135 Å². The van der Waals surface area contributed by atoms with E-state index in [0.717, 1.165) is 18.5 Å². The van der Waals surface area contributed by atoms with Crippen LogP contribution in [0.5, 0.6) is 0 Å². The van der Waals surface area contributed by atoms with Crippen LogP contribution >= 0.6 is 0 Å². The fraction of sp³-hybridized carbons (Fsp3) is 0.533. The van der Waals surface area contributed by atoms with Gasteiger partial charge in [0.2, 0.25) is 10.0 Å². The molecule has 1 aliphatic heterocycles. The van der Waals surface area contributed by atoms with Gasteiger partial charge in [-0.15, -0.1) is 5.10 Å². The maximum Gasteiger partial charge on any atom is 0.243 e. The summed E-state index contributed by atoms with van der Waals surface area (Å²) in [6.45, 7) is 1.34. The van der Waals surface area contributed by atoms with E-state index in [1.54, 1.807) is 28.6 Å². The number of hydrogen-bond donors (Lipinski definition) is 0. The van der Waals surface area contributed by atoms with Gasteiger partial charge in [-0.25, -0.2) is 13.1 Å². The van der Waals surface area contributed by atoms with Gasteiger partial charge < -0.3 is 0 Å². The van der Waals surface area contributed by atoms with Crippen molar-refractivity contribution >= 4 is 10.0 Å². The normalized spacial score (nSPS) is 25.4. The molecule has 2 aliphatic rings. The third kappa shape index (κ3) is 2.66. The van der Waals surface area contributed by atoms with Gasteiger partial charge in [-0.3, -0.25) is 0 Å². The quantitative estimate of drug-likeness (QED) is 0.850. The smallest absolute Gasteiger partial charge is 0.207 e. The van der Waals surface area contributed by atoms with Gasteiger partial charge in [0.15, 0.2) is 0 Å². The molecule has 2 atom stereocenters. The summed E-state index contributed by atoms with van der Waals surface area (Å²) in [6.07, 6.45) is 6.27. The number of tetrazole rings is 1. The van der Waals surface area contributed by atoms with E-state index in [9.17, 15) is 8.42 Å². The number of sulfonamides is 1. The van der Waals surface area contributed by atoms with Crippen molar-refractivity contribution < 1.29 is 8.42 Å². The third-order valence-electron chi connectivity index (χ3n) is 5.03. The maximum absolute atomic E-state index is 12.9. The van der Waals surface area contributed by atoms with E-state index in [-0.39, 0.29) is 0 Å². The highest BCUT2D eigenvalue weighted by atomic mass is 32.2. The minimum atomic E-state index is -3.41. The van der Waals surface area contributed by atoms with Crippen molar-refractivity contribution in [2.75, 3.05) is 13.1 Å². The molecule has 1 saturated carbocycles. The standard InChI is InChI=1S/C15H19N5O2S/c21-23(22,19-9-12-3-1-2-4-13(12)10-19)15-7-5-14(6-8-15)20-11-16-17-18-20/h5-8,11-13H,1-4,9-10H2/t12-,13+. The molecule has 2 aromatic rings. The summed E-state index contributed by atoms with van der Waals surface area (Å²) >= 11 is 0. The average molecular weight is 333 g/mol. The molecular weight excluding hydrogens is 314 g/mol. The first-order chi connectivity index (χ1) is 11.1. The van der Waals surface area contributed by atoms with Gasteiger partial charge in [-0.1, -0.05) is 12.8 Å². The molecule has 1 aromatic heterocycles. The Morgan fingerprint density at radius 2 is 1.65 bits per heavy atom. The summed E-state index contributed by atoms with van der Waals surface area (Å²) < 4.78 is 28.9. The van der Waals surface area contributed by atoms with Crippen LogP contribution in [0.3, 0.4) is 0 Å². The Morgan fingerprint density at radius 1 is 1.00 bits per heavy atom. The van der Waals surface area contributed by atoms with Crippen molar-refractivity contribution in [2.24, 2.45) is 11.8 Å². The van der Waals surface area contributed by atoms with E-state index in [4.69, 9.17) is 0 Å². The van der Waals surface area contributed by atoms with Crippen LogP contribution in [-0.4, -0.2) is 46.0 Å². The van der Waals surface area contributed by atoms with E-state index in [1.807, 2.05) is 0 Å². The molecule has 7 nitrogen and oxygen atoms in total. The van der Waals surface area contributed by atoms with Crippen molar-refractivity contribution in [3.05, 3.63) is 30.6 Å². The van der Waals surface area contributed by atoms with Gasteiger partial charge in [0, 0.05) is 13.1 Å². The van der Waals surface area contributed by atoms with Crippen LogP contribution in [0.25, 0.3) is 5.69 Å². The number of hydrogen-bond acceptors (Lipinski definition) is 5. The molecule has 0 amide bonds. The minimum Gasteiger partial charge on any atom is -0.207 e. The van der Waals surface area contributed by atoms with E-state index in [0.29, 0.717) is 29.8 Å². The molecule has 0 spiro atoms. The molecule has 4 rings (SSSR count). The lowest BCUT2D eigenvalue weighted by molar-refractivity contribution is 0.299. The molecule has 2 fully saturated rings. The Morgan fingerprint density at radius 3 is 2.22 bits per heavy atom. The zero-order valence-corrected chi connectivity index (χ0v) is 13.6. The summed E-state index contributed by atoms with van der Waals surface area (Å²) in [5.74, 6) is 1.08. The fourth-order valence-corrected chi connectivity index (χ4v) is 5.31. The van der Waals surface area contributed by atoms with Gasteiger partial charge >= 0.3 is 0 Å². The van der Waals surface area contributed by atoms with Crippen LogP contribution < -0.4 is 0 Å². The lowest BCUT2D eigenvalue weighted by Gasteiger charge is -2.22. The SMILES string of the molecule is O=S(=O)(c1ccc(-n2cnnn2)cc1)N1C[C@H]2CCCC[C@H]2C1. The average Bonchev–Trinajstić information content (AvgIpc) is 3.24. The lowest BCUT2D eigenvalue weighted by atomic mass is 9.82. The molecule has 1 aliphatic carbocycles. The lowest BCUT2D eigenvalue weighted by Crippen LogP contribution is -2.29. The second-order valence-corrected chi connectivity index (χ2v) is 8.31. The monoisotopic (exact) mass is 333 g/mol. The van der Waals surface area contributed by atoms with Crippen LogP contribution in [0.1, 0.15) is 25.7 Å². The first-order valence-electron chi connectivity index (χ1n) is 7.98. The molecule has 1 saturated heterocycles. The third-order valence-corrected chi connectivity index (χ3v) is 6.88. The number of benzene rings is 1. The number of fused-ring (bicyclic) bond motifs is 1. The van der Waals surface area contributed by atoms with Crippen LogP contribution in [0, 0.1) is 11.8 Å². The van der Waals surface area contributed by atoms with E-state index < -0.39 is 10.0 Å². The zero-order valence-electron chi connectivity index (χ0n) is 12.7. The number of nitrogens with zero attached hydrogens (tertiary/aromatic N) is 5. The van der Waals surface area contributed by atoms with Gasteiger partial charge in [0.05, 0.1) is 10.6 Å². The van der Waals surface area contributed by atoms with E-state index in [2.05, 4.69) is 15.5 Å². The highest BCUT2D eigenvalue weighted by Gasteiger charge is 2.39. The highest BCUT2D eigenvalue weighted by Crippen LogP contribution is 2.38. The van der Waals surface area contributed by atoms with Crippen LogP contribution in [0.4, 0.5) is 0 Å². The first-order valence-corrected chi connectivity index (χ1v) is 9.42. The summed E-state index contributed by atoms with van der Waals surface area (Å²) in [5.41, 5.74) is 0.740. The van der Waals surface area contributed by atoms with E-state index in [1.165, 1.54) is 23.9 Å². The molecule has 0 unspecified atom stereocenters. The van der Waals surface area contributed by atoms with Gasteiger partial charge in [0.25, 0.3) is 0 Å². The Hall–Kier alpha value is -1.80.